The number of carbonyl (C=O) groups is 3. The lowest BCUT2D eigenvalue weighted by molar-refractivity contribution is -0.138. The summed E-state index contributed by atoms with van der Waals surface area (Å²) in [6.45, 7) is 7.03. The van der Waals surface area contributed by atoms with E-state index in [1.807, 2.05) is 29.3 Å². The fourth-order valence-electron chi connectivity index (χ4n) is 8.98. The van der Waals surface area contributed by atoms with Crippen molar-refractivity contribution in [2.24, 2.45) is 0 Å². The molecule has 6 aromatic rings. The van der Waals surface area contributed by atoms with Crippen LogP contribution in [0.1, 0.15) is 80.4 Å². The molecule has 4 aromatic carbocycles. The number of methoxy groups -OCH3 is 1. The molecule has 4 atom stereocenters. The van der Waals surface area contributed by atoms with E-state index in [-0.39, 0.29) is 42.1 Å². The number of alkyl carbamates (subject to hydrolysis) is 1. The Morgan fingerprint density at radius 2 is 1.23 bits per heavy atom. The summed E-state index contributed by atoms with van der Waals surface area (Å²) in [5, 5.41) is 12.4. The van der Waals surface area contributed by atoms with Crippen LogP contribution in [0.4, 0.5) is 4.79 Å². The molecular formula is C49H54N8O5. The number of phenolic OH excluding ortho intramolecular Hbond substituents is 1. The fourth-order valence-corrected chi connectivity index (χ4v) is 8.98. The highest BCUT2D eigenvalue weighted by atomic mass is 16.5. The highest BCUT2D eigenvalue weighted by Gasteiger charge is 2.39. The van der Waals surface area contributed by atoms with Gasteiger partial charge in [0.15, 0.2) is 0 Å². The van der Waals surface area contributed by atoms with Gasteiger partial charge in [-0.3, -0.25) is 14.5 Å². The molecule has 2 aromatic heterocycles. The largest absolute Gasteiger partial charge is 0.508 e. The minimum absolute atomic E-state index is 0.105. The van der Waals surface area contributed by atoms with Gasteiger partial charge in [-0.05, 0) is 84.3 Å². The predicted molar refractivity (Wildman–Crippen MR) is 238 cm³/mol. The number of hydrogen-bond acceptors (Lipinski definition) is 8. The maximum Gasteiger partial charge on any atom is 0.407 e. The molecule has 320 valence electrons. The number of imidazole rings is 2. The van der Waals surface area contributed by atoms with Gasteiger partial charge in [0, 0.05) is 19.5 Å². The summed E-state index contributed by atoms with van der Waals surface area (Å²) < 4.78 is 4.83. The third kappa shape index (κ3) is 8.99. The second-order valence-electron chi connectivity index (χ2n) is 16.0. The van der Waals surface area contributed by atoms with Crippen molar-refractivity contribution in [1.82, 2.24) is 40.0 Å². The number of aromatic hydroxyl groups is 1. The highest BCUT2D eigenvalue weighted by molar-refractivity contribution is 5.87. The number of ether oxygens (including phenoxy) is 1. The number of likely N-dealkylation sites (N-methyl/N-ethyl adjacent to an activating group) is 1. The van der Waals surface area contributed by atoms with Crippen molar-refractivity contribution in [3.05, 3.63) is 138 Å². The van der Waals surface area contributed by atoms with E-state index in [2.05, 4.69) is 94.7 Å². The molecule has 4 N–H and O–H groups in total. The number of H-pyrrole nitrogens is 2. The summed E-state index contributed by atoms with van der Waals surface area (Å²) in [6.07, 6.45) is 6.57. The smallest absolute Gasteiger partial charge is 0.407 e. The van der Waals surface area contributed by atoms with Crippen LogP contribution in [-0.2, 0) is 20.7 Å². The molecule has 0 saturated carbocycles. The number of nitrogens with one attached hydrogen (secondary N) is 3. The van der Waals surface area contributed by atoms with Crippen molar-refractivity contribution in [1.29, 1.82) is 0 Å². The Bertz CT molecular complexity index is 2440. The van der Waals surface area contributed by atoms with Gasteiger partial charge in [-0.1, -0.05) is 105 Å². The number of benzene rings is 4. The number of aromatic amines is 2. The van der Waals surface area contributed by atoms with Crippen LogP contribution in [0.3, 0.4) is 0 Å². The van der Waals surface area contributed by atoms with Gasteiger partial charge in [0.2, 0.25) is 11.8 Å². The van der Waals surface area contributed by atoms with Gasteiger partial charge in [-0.2, -0.15) is 0 Å². The van der Waals surface area contributed by atoms with E-state index in [1.54, 1.807) is 35.4 Å². The molecule has 2 saturated heterocycles. The van der Waals surface area contributed by atoms with Crippen LogP contribution >= 0.6 is 0 Å². The molecule has 2 fully saturated rings. The lowest BCUT2D eigenvalue weighted by Crippen LogP contribution is -2.49. The van der Waals surface area contributed by atoms with Crippen molar-refractivity contribution < 1.29 is 24.2 Å². The monoisotopic (exact) mass is 834 g/mol. The standard InChI is InChI=1S/C49H54N8O5/c1-4-55(5-2)44(37-11-7-6-8-12-37)48(60)57-28-10-14-43(57)46-51-31-41(53-46)36-23-19-34(20-24-36)33-17-21-35(22-18-33)40-30-50-45(52-40)42-13-9-27-56(42)47(59)39(54-49(61)62-3)29-32-15-25-38(58)26-16-32/h6-8,11-12,15-26,30-31,39,42-44,58H,4-5,9-10,13-14,27-29H2,1-3H3,(H,50,52)(H,51,53)(H,54,61)/t39-,42-,43-,44+/m0/s1. The second kappa shape index (κ2) is 18.9. The number of nitrogens with zero attached hydrogens (tertiary/aromatic N) is 5. The lowest BCUT2D eigenvalue weighted by atomic mass is 10.0. The number of phenols is 1. The molecule has 0 unspecified atom stereocenters. The molecule has 0 radical (unpaired) electrons. The number of likely N-dealkylation sites (tertiary alicyclic amines) is 2. The summed E-state index contributed by atoms with van der Waals surface area (Å²) in [5.74, 6) is 1.54. The van der Waals surface area contributed by atoms with E-state index >= 15 is 0 Å². The number of hydrogen-bond donors (Lipinski definition) is 4. The predicted octanol–water partition coefficient (Wildman–Crippen LogP) is 8.22. The Kier molecular flexibility index (Phi) is 12.8. The van der Waals surface area contributed by atoms with Crippen molar-refractivity contribution in [2.45, 2.75) is 70.1 Å². The molecule has 13 heteroatoms. The van der Waals surface area contributed by atoms with Gasteiger partial charge < -0.3 is 34.9 Å². The molecule has 2 aliphatic rings. The van der Waals surface area contributed by atoms with Gasteiger partial charge in [-0.25, -0.2) is 14.8 Å². The molecule has 0 spiro atoms. The molecule has 0 bridgehead atoms. The minimum atomic E-state index is -0.850. The average molecular weight is 835 g/mol. The molecular weight excluding hydrogens is 781 g/mol. The minimum Gasteiger partial charge on any atom is -0.508 e. The van der Waals surface area contributed by atoms with Crippen LogP contribution in [0.5, 0.6) is 5.75 Å². The van der Waals surface area contributed by atoms with Crippen molar-refractivity contribution >= 4 is 17.9 Å². The number of amides is 3. The molecule has 13 nitrogen and oxygen atoms in total. The Labute approximate surface area is 362 Å². The Balaban J connectivity index is 0.923. The summed E-state index contributed by atoms with van der Waals surface area (Å²) in [4.78, 5) is 63.0. The first-order chi connectivity index (χ1) is 30.2. The van der Waals surface area contributed by atoms with Gasteiger partial charge >= 0.3 is 6.09 Å². The first-order valence-electron chi connectivity index (χ1n) is 21.6. The van der Waals surface area contributed by atoms with E-state index in [4.69, 9.17) is 14.7 Å². The van der Waals surface area contributed by atoms with Crippen molar-refractivity contribution in [3.8, 4) is 39.4 Å². The average Bonchev–Trinajstić information content (AvgIpc) is 4.16. The maximum atomic E-state index is 14.2. The van der Waals surface area contributed by atoms with E-state index in [1.165, 1.54) is 7.11 Å². The molecule has 4 heterocycles. The van der Waals surface area contributed by atoms with Crippen LogP contribution in [-0.4, -0.2) is 97.0 Å². The lowest BCUT2D eigenvalue weighted by Gasteiger charge is -2.34. The zero-order valence-corrected chi connectivity index (χ0v) is 35.5. The van der Waals surface area contributed by atoms with Crippen LogP contribution in [0.15, 0.2) is 116 Å². The first kappa shape index (κ1) is 42.0. The van der Waals surface area contributed by atoms with Gasteiger partial charge in [0.05, 0.1) is 43.0 Å². The van der Waals surface area contributed by atoms with Crippen LogP contribution in [0, 0.1) is 0 Å². The first-order valence-corrected chi connectivity index (χ1v) is 21.6. The number of carbonyl (C=O) groups excluding carboxylic acids is 3. The third-order valence-electron chi connectivity index (χ3n) is 12.3. The van der Waals surface area contributed by atoms with Gasteiger partial charge in [0.25, 0.3) is 0 Å². The van der Waals surface area contributed by atoms with Crippen LogP contribution < -0.4 is 5.32 Å². The summed E-state index contributed by atoms with van der Waals surface area (Å²) >= 11 is 0. The maximum absolute atomic E-state index is 14.2. The van der Waals surface area contributed by atoms with Crippen LogP contribution in [0.25, 0.3) is 33.6 Å². The zero-order valence-electron chi connectivity index (χ0n) is 35.5. The quantitative estimate of drug-likeness (QED) is 0.0855. The molecule has 62 heavy (non-hydrogen) atoms. The van der Waals surface area contributed by atoms with Gasteiger partial charge in [-0.15, -0.1) is 0 Å². The van der Waals surface area contributed by atoms with Crippen LogP contribution in [0.2, 0.25) is 0 Å². The highest BCUT2D eigenvalue weighted by Crippen LogP contribution is 2.37. The molecule has 8 rings (SSSR count). The molecule has 3 amide bonds. The third-order valence-corrected chi connectivity index (χ3v) is 12.3. The van der Waals surface area contributed by atoms with Gasteiger partial charge in [0.1, 0.15) is 29.5 Å². The second-order valence-corrected chi connectivity index (χ2v) is 16.0. The Hall–Kier alpha value is -6.73. The van der Waals surface area contributed by atoms with E-state index in [9.17, 15) is 19.5 Å². The molecule has 0 aliphatic carbocycles. The summed E-state index contributed by atoms with van der Waals surface area (Å²) in [5.41, 5.74) is 7.69. The van der Waals surface area contributed by atoms with Crippen molar-refractivity contribution in [2.75, 3.05) is 33.3 Å². The topological polar surface area (TPSA) is 160 Å². The van der Waals surface area contributed by atoms with Crippen molar-refractivity contribution in [3.63, 3.8) is 0 Å². The molecule has 2 aliphatic heterocycles. The Morgan fingerprint density at radius 1 is 0.726 bits per heavy atom. The Morgan fingerprint density at radius 3 is 1.73 bits per heavy atom. The zero-order chi connectivity index (χ0) is 43.2. The normalized spacial score (nSPS) is 17.3. The summed E-state index contributed by atoms with van der Waals surface area (Å²) in [7, 11) is 1.27. The van der Waals surface area contributed by atoms with E-state index in [0.29, 0.717) is 18.9 Å². The number of rotatable bonds is 14. The van der Waals surface area contributed by atoms with E-state index < -0.39 is 12.1 Å². The van der Waals surface area contributed by atoms with E-state index in [0.717, 1.165) is 89.4 Å². The summed E-state index contributed by atoms with van der Waals surface area (Å²) in [6, 6.07) is 31.8. The number of aromatic nitrogens is 4. The SMILES string of the molecule is CCN(CC)[C@@H](C(=O)N1CCC[C@H]1c1ncc(-c2ccc(-c3ccc(-c4cnc([C@@H]5CCCN5C(=O)[C@H](Cc5ccc(O)cc5)NC(=O)OC)[nH]4)cc3)cc2)[nH]1)c1ccccc1. The fraction of sp³-hybridized carbons (Fsp3) is 0.327.